The van der Waals surface area contributed by atoms with E-state index in [2.05, 4.69) is 5.32 Å². The van der Waals surface area contributed by atoms with Crippen LogP contribution in [0.3, 0.4) is 0 Å². The Hall–Kier alpha value is -0.780. The Balaban J connectivity index is 2.50. The van der Waals surface area contributed by atoms with E-state index in [1.54, 1.807) is 31.2 Å². The first-order chi connectivity index (χ1) is 7.80. The molecule has 0 aliphatic rings. The maximum atomic E-state index is 12.0. The van der Waals surface area contributed by atoms with Crippen molar-refractivity contribution in [2.24, 2.45) is 0 Å². The number of hydrogen-bond acceptors (Lipinski definition) is 2. The molecule has 1 rings (SSSR count). The summed E-state index contributed by atoms with van der Waals surface area (Å²) in [6.07, 6.45) is -6.94. The molecule has 2 atom stereocenters. The van der Waals surface area contributed by atoms with Gasteiger partial charge in [-0.05, 0) is 24.6 Å². The first-order valence-corrected chi connectivity index (χ1v) is 5.42. The van der Waals surface area contributed by atoms with E-state index in [0.717, 1.165) is 5.56 Å². The van der Waals surface area contributed by atoms with Gasteiger partial charge < -0.3 is 10.4 Å². The van der Waals surface area contributed by atoms with Crippen LogP contribution in [-0.4, -0.2) is 23.9 Å². The van der Waals surface area contributed by atoms with Gasteiger partial charge in [0.15, 0.2) is 6.10 Å². The van der Waals surface area contributed by atoms with E-state index in [4.69, 9.17) is 16.7 Å². The number of aliphatic hydroxyl groups excluding tert-OH is 1. The number of rotatable bonds is 4. The van der Waals surface area contributed by atoms with Crippen LogP contribution in [0.2, 0.25) is 5.02 Å². The van der Waals surface area contributed by atoms with Crippen molar-refractivity contribution in [1.82, 2.24) is 5.32 Å². The van der Waals surface area contributed by atoms with Crippen LogP contribution in [0.1, 0.15) is 18.5 Å². The standard InChI is InChI=1S/C11H13ClF3NO/c1-7(8-2-4-9(12)5-3-8)16-6-10(17)11(13,14)15/h2-5,7,10,16-17H,6H2,1H3/t7-,10?/m1/s1. The second-order valence-corrected chi connectivity index (χ2v) is 4.18. The fourth-order valence-electron chi connectivity index (χ4n) is 1.27. The first-order valence-electron chi connectivity index (χ1n) is 5.04. The zero-order valence-corrected chi connectivity index (χ0v) is 9.89. The molecule has 1 unspecified atom stereocenters. The minimum atomic E-state index is -4.59. The molecule has 0 bridgehead atoms. The lowest BCUT2D eigenvalue weighted by Crippen LogP contribution is -2.39. The summed E-state index contributed by atoms with van der Waals surface area (Å²) in [5.74, 6) is 0. The molecule has 0 radical (unpaired) electrons. The maximum absolute atomic E-state index is 12.0. The second kappa shape index (κ2) is 5.71. The van der Waals surface area contributed by atoms with Crippen molar-refractivity contribution in [1.29, 1.82) is 0 Å². The highest BCUT2D eigenvalue weighted by atomic mass is 35.5. The Morgan fingerprint density at radius 1 is 1.29 bits per heavy atom. The van der Waals surface area contributed by atoms with Gasteiger partial charge in [-0.3, -0.25) is 0 Å². The van der Waals surface area contributed by atoms with Crippen LogP contribution >= 0.6 is 11.6 Å². The lowest BCUT2D eigenvalue weighted by Gasteiger charge is -2.19. The molecule has 96 valence electrons. The highest BCUT2D eigenvalue weighted by Crippen LogP contribution is 2.21. The number of benzene rings is 1. The summed E-state index contributed by atoms with van der Waals surface area (Å²) in [7, 11) is 0. The summed E-state index contributed by atoms with van der Waals surface area (Å²) in [4.78, 5) is 0. The van der Waals surface area contributed by atoms with Crippen molar-refractivity contribution in [2.45, 2.75) is 25.2 Å². The summed E-state index contributed by atoms with van der Waals surface area (Å²) < 4.78 is 36.1. The van der Waals surface area contributed by atoms with Gasteiger partial charge in [0.05, 0.1) is 0 Å². The van der Waals surface area contributed by atoms with Crippen molar-refractivity contribution >= 4 is 11.6 Å². The molecule has 0 heterocycles. The average Bonchev–Trinajstić information content (AvgIpc) is 2.25. The van der Waals surface area contributed by atoms with Crippen LogP contribution < -0.4 is 5.32 Å². The SMILES string of the molecule is C[C@@H](NCC(O)C(F)(F)F)c1ccc(Cl)cc1. The van der Waals surface area contributed by atoms with Gasteiger partial charge in [-0.2, -0.15) is 13.2 Å². The van der Waals surface area contributed by atoms with Crippen molar-refractivity contribution in [3.05, 3.63) is 34.9 Å². The van der Waals surface area contributed by atoms with Crippen LogP contribution in [0, 0.1) is 0 Å². The molecular formula is C11H13ClF3NO. The summed E-state index contributed by atoms with van der Waals surface area (Å²) in [5.41, 5.74) is 0.809. The molecule has 0 spiro atoms. The van der Waals surface area contributed by atoms with Crippen LogP contribution in [0.5, 0.6) is 0 Å². The van der Waals surface area contributed by atoms with Gasteiger partial charge in [0.2, 0.25) is 0 Å². The van der Waals surface area contributed by atoms with Crippen LogP contribution in [-0.2, 0) is 0 Å². The van der Waals surface area contributed by atoms with Gasteiger partial charge in [0, 0.05) is 17.6 Å². The summed E-state index contributed by atoms with van der Waals surface area (Å²) in [6.45, 7) is 1.18. The van der Waals surface area contributed by atoms with Gasteiger partial charge in [0.25, 0.3) is 0 Å². The van der Waals surface area contributed by atoms with E-state index in [9.17, 15) is 13.2 Å². The molecule has 0 saturated heterocycles. The highest BCUT2D eigenvalue weighted by molar-refractivity contribution is 6.30. The fraction of sp³-hybridized carbons (Fsp3) is 0.455. The number of halogens is 4. The number of alkyl halides is 3. The Kier molecular flexibility index (Phi) is 4.80. The minimum absolute atomic E-state index is 0.288. The van der Waals surface area contributed by atoms with Crippen LogP contribution in [0.25, 0.3) is 0 Å². The van der Waals surface area contributed by atoms with Gasteiger partial charge in [-0.25, -0.2) is 0 Å². The van der Waals surface area contributed by atoms with E-state index >= 15 is 0 Å². The molecule has 0 aromatic heterocycles. The predicted octanol–water partition coefficient (Wildman–Crippen LogP) is 2.91. The van der Waals surface area contributed by atoms with Crippen molar-refractivity contribution in [3.63, 3.8) is 0 Å². The van der Waals surface area contributed by atoms with E-state index < -0.39 is 18.8 Å². The topological polar surface area (TPSA) is 32.3 Å². The second-order valence-electron chi connectivity index (χ2n) is 3.74. The van der Waals surface area contributed by atoms with Gasteiger partial charge >= 0.3 is 6.18 Å². The lowest BCUT2D eigenvalue weighted by atomic mass is 10.1. The monoisotopic (exact) mass is 267 g/mol. The molecule has 2 nitrogen and oxygen atoms in total. The van der Waals surface area contributed by atoms with Crippen molar-refractivity contribution < 1.29 is 18.3 Å². The summed E-state index contributed by atoms with van der Waals surface area (Å²) >= 11 is 5.69. The summed E-state index contributed by atoms with van der Waals surface area (Å²) in [5, 5.41) is 12.0. The predicted molar refractivity (Wildman–Crippen MR) is 59.9 cm³/mol. The molecule has 0 aliphatic heterocycles. The number of nitrogens with one attached hydrogen (secondary N) is 1. The maximum Gasteiger partial charge on any atom is 0.415 e. The molecule has 2 N–H and O–H groups in total. The first kappa shape index (κ1) is 14.3. The third-order valence-corrected chi connectivity index (χ3v) is 2.62. The molecule has 0 saturated carbocycles. The van der Waals surface area contributed by atoms with E-state index in [-0.39, 0.29) is 6.04 Å². The Labute approximate surface area is 102 Å². The van der Waals surface area contributed by atoms with Crippen molar-refractivity contribution in [3.8, 4) is 0 Å². The smallest absolute Gasteiger partial charge is 0.382 e. The van der Waals surface area contributed by atoms with E-state index in [0.29, 0.717) is 5.02 Å². The fourth-order valence-corrected chi connectivity index (χ4v) is 1.40. The molecule has 0 aliphatic carbocycles. The van der Waals surface area contributed by atoms with Crippen LogP contribution in [0.15, 0.2) is 24.3 Å². The Bertz CT molecular complexity index is 353. The molecular weight excluding hydrogens is 255 g/mol. The molecule has 0 fully saturated rings. The zero-order chi connectivity index (χ0) is 13.1. The largest absolute Gasteiger partial charge is 0.415 e. The Morgan fingerprint density at radius 2 is 1.82 bits per heavy atom. The van der Waals surface area contributed by atoms with E-state index in [1.165, 1.54) is 0 Å². The van der Waals surface area contributed by atoms with E-state index in [1.807, 2.05) is 0 Å². The molecule has 1 aromatic carbocycles. The van der Waals surface area contributed by atoms with Crippen LogP contribution in [0.4, 0.5) is 13.2 Å². The normalized spacial score (nSPS) is 15.6. The van der Waals surface area contributed by atoms with Gasteiger partial charge in [-0.1, -0.05) is 23.7 Å². The number of hydrogen-bond donors (Lipinski definition) is 2. The Morgan fingerprint density at radius 3 is 2.29 bits per heavy atom. The molecule has 6 heteroatoms. The minimum Gasteiger partial charge on any atom is -0.382 e. The third-order valence-electron chi connectivity index (χ3n) is 2.37. The van der Waals surface area contributed by atoms with Gasteiger partial charge in [0.1, 0.15) is 0 Å². The quantitative estimate of drug-likeness (QED) is 0.879. The average molecular weight is 268 g/mol. The molecule has 1 aromatic rings. The number of aliphatic hydroxyl groups is 1. The highest BCUT2D eigenvalue weighted by Gasteiger charge is 2.37. The summed E-state index contributed by atoms with van der Waals surface area (Å²) in [6, 6.07) is 6.48. The molecule has 17 heavy (non-hydrogen) atoms. The zero-order valence-electron chi connectivity index (χ0n) is 9.13. The van der Waals surface area contributed by atoms with Crippen molar-refractivity contribution in [2.75, 3.05) is 6.54 Å². The third kappa shape index (κ3) is 4.53. The molecule has 0 amide bonds. The lowest BCUT2D eigenvalue weighted by molar-refractivity contribution is -0.202. The van der Waals surface area contributed by atoms with Gasteiger partial charge in [-0.15, -0.1) is 0 Å².